The van der Waals surface area contributed by atoms with E-state index in [-0.39, 0.29) is 0 Å². The highest BCUT2D eigenvalue weighted by Gasteiger charge is 2.24. The average molecular weight is 204 g/mol. The van der Waals surface area contributed by atoms with Crippen molar-refractivity contribution >= 4 is 0 Å². The van der Waals surface area contributed by atoms with Gasteiger partial charge in [-0.2, -0.15) is 0 Å². The van der Waals surface area contributed by atoms with Crippen molar-refractivity contribution in [2.75, 3.05) is 6.61 Å². The molecule has 0 fully saturated rings. The molecule has 0 bridgehead atoms. The van der Waals surface area contributed by atoms with E-state index in [1.165, 1.54) is 36.0 Å². The second-order valence-corrected chi connectivity index (χ2v) is 4.86. The third-order valence-corrected chi connectivity index (χ3v) is 3.63. The minimum absolute atomic E-state index is 0.304. The fourth-order valence-electron chi connectivity index (χ4n) is 2.70. The quantitative estimate of drug-likeness (QED) is 0.785. The van der Waals surface area contributed by atoms with E-state index in [9.17, 15) is 5.11 Å². The molecular formula is C14H20O. The molecule has 0 radical (unpaired) electrons. The molecule has 0 saturated carbocycles. The Kier molecular flexibility index (Phi) is 3.11. The molecule has 1 aliphatic carbocycles. The molecule has 1 aromatic carbocycles. The number of rotatable bonds is 2. The third kappa shape index (κ3) is 2.07. The summed E-state index contributed by atoms with van der Waals surface area (Å²) < 4.78 is 0. The monoisotopic (exact) mass is 204 g/mol. The molecule has 2 rings (SSSR count). The van der Waals surface area contributed by atoms with Crippen LogP contribution in [0.15, 0.2) is 18.2 Å². The summed E-state index contributed by atoms with van der Waals surface area (Å²) in [5, 5.41) is 9.27. The largest absolute Gasteiger partial charge is 0.396 e. The summed E-state index contributed by atoms with van der Waals surface area (Å²) >= 11 is 0. The SMILES string of the molecule is Cc1ccc2c(c1)CCCC2C(C)CO. The van der Waals surface area contributed by atoms with E-state index in [1.54, 1.807) is 0 Å². The zero-order chi connectivity index (χ0) is 10.8. The summed E-state index contributed by atoms with van der Waals surface area (Å²) in [6.07, 6.45) is 3.72. The summed E-state index contributed by atoms with van der Waals surface area (Å²) in [5.74, 6) is 0.964. The second kappa shape index (κ2) is 4.36. The van der Waals surface area contributed by atoms with Crippen molar-refractivity contribution in [3.63, 3.8) is 0 Å². The molecule has 82 valence electrons. The lowest BCUT2D eigenvalue weighted by atomic mass is 9.76. The lowest BCUT2D eigenvalue weighted by molar-refractivity contribution is 0.208. The number of aryl methyl sites for hydroxylation is 2. The highest BCUT2D eigenvalue weighted by molar-refractivity contribution is 5.36. The van der Waals surface area contributed by atoms with Crippen LogP contribution in [0.1, 0.15) is 42.4 Å². The van der Waals surface area contributed by atoms with Gasteiger partial charge in [-0.05, 0) is 49.1 Å². The van der Waals surface area contributed by atoms with Crippen LogP contribution in [0.5, 0.6) is 0 Å². The fourth-order valence-corrected chi connectivity index (χ4v) is 2.70. The van der Waals surface area contributed by atoms with E-state index >= 15 is 0 Å². The number of aliphatic hydroxyl groups excluding tert-OH is 1. The van der Waals surface area contributed by atoms with E-state index < -0.39 is 0 Å². The molecule has 0 spiro atoms. The summed E-state index contributed by atoms with van der Waals surface area (Å²) in [6, 6.07) is 6.77. The first-order chi connectivity index (χ1) is 7.22. The van der Waals surface area contributed by atoms with Crippen LogP contribution in [0.2, 0.25) is 0 Å². The molecule has 0 aromatic heterocycles. The Bertz CT molecular complexity index is 343. The van der Waals surface area contributed by atoms with Crippen molar-refractivity contribution in [2.24, 2.45) is 5.92 Å². The van der Waals surface area contributed by atoms with Crippen LogP contribution < -0.4 is 0 Å². The Balaban J connectivity index is 2.34. The molecule has 2 atom stereocenters. The van der Waals surface area contributed by atoms with Gasteiger partial charge < -0.3 is 5.11 Å². The van der Waals surface area contributed by atoms with Gasteiger partial charge in [-0.15, -0.1) is 0 Å². The summed E-state index contributed by atoms with van der Waals surface area (Å²) in [5.41, 5.74) is 4.34. The Morgan fingerprint density at radius 2 is 2.27 bits per heavy atom. The van der Waals surface area contributed by atoms with Crippen LogP contribution in [0, 0.1) is 12.8 Å². The zero-order valence-electron chi connectivity index (χ0n) is 9.66. The normalized spacial score (nSPS) is 22.2. The number of fused-ring (bicyclic) bond motifs is 1. The predicted molar refractivity (Wildman–Crippen MR) is 63.1 cm³/mol. The van der Waals surface area contributed by atoms with Gasteiger partial charge in [0.25, 0.3) is 0 Å². The molecular weight excluding hydrogens is 184 g/mol. The van der Waals surface area contributed by atoms with Crippen molar-refractivity contribution in [3.8, 4) is 0 Å². The lowest BCUT2D eigenvalue weighted by Gasteiger charge is -2.29. The van der Waals surface area contributed by atoms with Crippen LogP contribution >= 0.6 is 0 Å². The van der Waals surface area contributed by atoms with Crippen molar-refractivity contribution < 1.29 is 5.11 Å². The van der Waals surface area contributed by atoms with E-state index in [0.717, 1.165) is 0 Å². The predicted octanol–water partition coefficient (Wildman–Crippen LogP) is 3.04. The van der Waals surface area contributed by atoms with Crippen molar-refractivity contribution in [1.29, 1.82) is 0 Å². The Hall–Kier alpha value is -0.820. The average Bonchev–Trinajstić information content (AvgIpc) is 2.26. The smallest absolute Gasteiger partial charge is 0.0462 e. The minimum atomic E-state index is 0.304. The molecule has 0 amide bonds. The summed E-state index contributed by atoms with van der Waals surface area (Å²) in [6.45, 7) is 4.61. The van der Waals surface area contributed by atoms with E-state index in [0.29, 0.717) is 18.4 Å². The van der Waals surface area contributed by atoms with Gasteiger partial charge in [0.15, 0.2) is 0 Å². The zero-order valence-corrected chi connectivity index (χ0v) is 9.66. The number of aliphatic hydroxyl groups is 1. The van der Waals surface area contributed by atoms with Crippen LogP contribution in [-0.2, 0) is 6.42 Å². The number of hydrogen-bond donors (Lipinski definition) is 1. The lowest BCUT2D eigenvalue weighted by Crippen LogP contribution is -2.19. The minimum Gasteiger partial charge on any atom is -0.396 e. The van der Waals surface area contributed by atoms with Gasteiger partial charge in [0.1, 0.15) is 0 Å². The molecule has 1 nitrogen and oxygen atoms in total. The highest BCUT2D eigenvalue weighted by atomic mass is 16.3. The first-order valence-electron chi connectivity index (χ1n) is 5.92. The maximum atomic E-state index is 9.27. The number of hydrogen-bond acceptors (Lipinski definition) is 1. The van der Waals surface area contributed by atoms with Crippen LogP contribution in [0.25, 0.3) is 0 Å². The van der Waals surface area contributed by atoms with Crippen molar-refractivity contribution in [2.45, 2.75) is 39.0 Å². The Morgan fingerprint density at radius 3 is 3.00 bits per heavy atom. The van der Waals surface area contributed by atoms with Crippen LogP contribution in [0.4, 0.5) is 0 Å². The molecule has 0 aliphatic heterocycles. The first kappa shape index (κ1) is 10.7. The van der Waals surface area contributed by atoms with Gasteiger partial charge >= 0.3 is 0 Å². The number of benzene rings is 1. The van der Waals surface area contributed by atoms with E-state index in [4.69, 9.17) is 0 Å². The highest BCUT2D eigenvalue weighted by Crippen LogP contribution is 2.36. The molecule has 1 N–H and O–H groups in total. The molecule has 0 heterocycles. The van der Waals surface area contributed by atoms with Crippen LogP contribution in [0.3, 0.4) is 0 Å². The van der Waals surface area contributed by atoms with Crippen molar-refractivity contribution in [1.82, 2.24) is 0 Å². The molecule has 1 heteroatoms. The molecule has 1 aromatic rings. The van der Waals surface area contributed by atoms with Gasteiger partial charge in [-0.25, -0.2) is 0 Å². The molecule has 0 saturated heterocycles. The van der Waals surface area contributed by atoms with Gasteiger partial charge in [0.05, 0.1) is 0 Å². The van der Waals surface area contributed by atoms with E-state index in [2.05, 4.69) is 32.0 Å². The standard InChI is InChI=1S/C14H20O/c1-10-6-7-14-12(8-10)4-3-5-13(14)11(2)9-15/h6-8,11,13,15H,3-5,9H2,1-2H3. The summed E-state index contributed by atoms with van der Waals surface area (Å²) in [4.78, 5) is 0. The molecule has 15 heavy (non-hydrogen) atoms. The molecule has 2 unspecified atom stereocenters. The fraction of sp³-hybridized carbons (Fsp3) is 0.571. The molecule has 1 aliphatic rings. The van der Waals surface area contributed by atoms with Crippen molar-refractivity contribution in [3.05, 3.63) is 34.9 Å². The van der Waals surface area contributed by atoms with Gasteiger partial charge in [0.2, 0.25) is 0 Å². The van der Waals surface area contributed by atoms with Crippen LogP contribution in [-0.4, -0.2) is 11.7 Å². The van der Waals surface area contributed by atoms with Gasteiger partial charge in [0, 0.05) is 6.61 Å². The topological polar surface area (TPSA) is 20.2 Å². The summed E-state index contributed by atoms with van der Waals surface area (Å²) in [7, 11) is 0. The third-order valence-electron chi connectivity index (χ3n) is 3.63. The Morgan fingerprint density at radius 1 is 1.47 bits per heavy atom. The maximum Gasteiger partial charge on any atom is 0.0462 e. The second-order valence-electron chi connectivity index (χ2n) is 4.86. The van der Waals surface area contributed by atoms with E-state index in [1.807, 2.05) is 0 Å². The maximum absolute atomic E-state index is 9.27. The van der Waals surface area contributed by atoms with Gasteiger partial charge in [-0.3, -0.25) is 0 Å². The Labute approximate surface area is 92.1 Å². The van der Waals surface area contributed by atoms with Gasteiger partial charge in [-0.1, -0.05) is 30.7 Å². The first-order valence-corrected chi connectivity index (χ1v) is 5.92.